The van der Waals surface area contributed by atoms with E-state index in [4.69, 9.17) is 0 Å². The van der Waals surface area contributed by atoms with Crippen molar-refractivity contribution in [3.05, 3.63) is 0 Å². The number of carbonyl (C=O) groups is 1. The number of carbonyl (C=O) groups excluding carboxylic acids is 1. The third-order valence-electron chi connectivity index (χ3n) is 1.23. The van der Waals surface area contributed by atoms with Crippen LogP contribution in [0.25, 0.3) is 0 Å². The molecule has 0 aromatic carbocycles. The molecule has 0 heterocycles. The van der Waals surface area contributed by atoms with Gasteiger partial charge in [0.25, 0.3) is 0 Å². The van der Waals surface area contributed by atoms with Gasteiger partial charge >= 0.3 is 64.9 Å². The van der Waals surface area contributed by atoms with Gasteiger partial charge in [-0.3, -0.25) is 0 Å². The van der Waals surface area contributed by atoms with Crippen LogP contribution in [0.5, 0.6) is 0 Å². The molecule has 1 N–H and O–H groups in total. The Kier molecular flexibility index (Phi) is 4.52. The molecule has 0 spiro atoms. The van der Waals surface area contributed by atoms with Crippen LogP contribution in [0.1, 0.15) is 0 Å². The van der Waals surface area contributed by atoms with E-state index in [0.717, 1.165) is 0 Å². The van der Waals surface area contributed by atoms with Crippen molar-refractivity contribution in [1.82, 2.24) is 0 Å². The summed E-state index contributed by atoms with van der Waals surface area (Å²) in [7, 11) is 0.563. The first kappa shape index (κ1) is 10.8. The fourth-order valence-corrected chi connectivity index (χ4v) is 1.45. The monoisotopic (exact) mass is 184 g/mol. The number of ether oxygens (including phenoxy) is 1. The zero-order valence-corrected chi connectivity index (χ0v) is 7.79. The summed E-state index contributed by atoms with van der Waals surface area (Å²) < 4.78 is 13.6. The molecule has 0 fully saturated rings. The van der Waals surface area contributed by atoms with Gasteiger partial charge in [-0.05, 0) is 0 Å². The van der Waals surface area contributed by atoms with Gasteiger partial charge in [0.15, 0.2) is 0 Å². The van der Waals surface area contributed by atoms with Gasteiger partial charge in [0, 0.05) is 0 Å². The molecule has 0 atom stereocenters. The van der Waals surface area contributed by atoms with Crippen molar-refractivity contribution in [3.63, 3.8) is 0 Å². The van der Waals surface area contributed by atoms with E-state index in [9.17, 15) is 9.69 Å². The molecule has 0 aromatic rings. The molecule has 0 amide bonds. The van der Waals surface area contributed by atoms with Crippen molar-refractivity contribution in [2.24, 2.45) is 0 Å². The van der Waals surface area contributed by atoms with Crippen LogP contribution in [0.2, 0.25) is 0 Å². The van der Waals surface area contributed by atoms with E-state index in [1.807, 2.05) is 0 Å². The Balaban J connectivity index is 3.96. The molecular weight excluding hydrogens is 171 g/mol. The average Bonchev–Trinajstić information content (AvgIpc) is 2.04. The van der Waals surface area contributed by atoms with Crippen molar-refractivity contribution in [2.45, 2.75) is 0 Å². The topological polar surface area (TPSA) is 65.0 Å². The number of hydrogen-bond acceptors (Lipinski definition) is 5. The molecule has 0 aliphatic heterocycles. The molecule has 6 heteroatoms. The molecule has 0 unspecified atom stereocenters. The quantitative estimate of drug-likeness (QED) is 0.489. The molecule has 0 saturated heterocycles. The van der Waals surface area contributed by atoms with Crippen molar-refractivity contribution in [3.8, 4) is 0 Å². The second-order valence-electron chi connectivity index (χ2n) is 1.87. The minimum atomic E-state index is -3.26. The Morgan fingerprint density at radius 1 is 1.36 bits per heavy atom. The van der Waals surface area contributed by atoms with E-state index in [1.54, 1.807) is 0 Å². The van der Waals surface area contributed by atoms with Gasteiger partial charge in [-0.15, -0.1) is 0 Å². The number of hydrogen-bond donors (Lipinski definition) is 1. The van der Waals surface area contributed by atoms with Gasteiger partial charge in [0.2, 0.25) is 0 Å². The fraction of sp³-hybridized carbons (Fsp3) is 0.800. The summed E-state index contributed by atoms with van der Waals surface area (Å²) in [6.07, 6.45) is -0.212. The Labute approximate surface area is 65.8 Å². The molecule has 0 saturated carbocycles. The Hall–Kier alpha value is -0.220. The van der Waals surface area contributed by atoms with E-state index in [2.05, 4.69) is 13.8 Å². The van der Waals surface area contributed by atoms with Crippen LogP contribution >= 0.6 is 7.94 Å². The van der Waals surface area contributed by atoms with Crippen LogP contribution in [-0.2, 0) is 18.6 Å². The van der Waals surface area contributed by atoms with E-state index in [-0.39, 0.29) is 6.16 Å². The van der Waals surface area contributed by atoms with Crippen LogP contribution < -0.4 is 0 Å². The third kappa shape index (κ3) is 3.62. The number of rotatable bonds is 4. The molecule has 0 rings (SSSR count). The zero-order chi connectivity index (χ0) is 8.91. The second kappa shape index (κ2) is 4.62. The van der Waals surface area contributed by atoms with Crippen LogP contribution in [0, 0.1) is 0 Å². The van der Waals surface area contributed by atoms with Crippen LogP contribution in [-0.4, -0.2) is 38.4 Å². The van der Waals surface area contributed by atoms with Gasteiger partial charge in [-0.1, -0.05) is 0 Å². The first-order chi connectivity index (χ1) is 5.08. The van der Waals surface area contributed by atoms with Gasteiger partial charge < -0.3 is 0 Å². The molecule has 0 aliphatic carbocycles. The normalized spacial score (nSPS) is 12.7. The van der Waals surface area contributed by atoms with Gasteiger partial charge in [0.1, 0.15) is 0 Å². The Morgan fingerprint density at radius 3 is 2.09 bits per heavy atom. The van der Waals surface area contributed by atoms with Crippen LogP contribution in [0.4, 0.5) is 0 Å². The van der Waals surface area contributed by atoms with Crippen molar-refractivity contribution in [2.75, 3.05) is 27.5 Å². The van der Waals surface area contributed by atoms with E-state index in [0.29, 0.717) is 0 Å². The third-order valence-corrected chi connectivity index (χ3v) is 3.24. The number of esters is 1. The van der Waals surface area contributed by atoms with Gasteiger partial charge in [0.05, 0.1) is 0 Å². The summed E-state index contributed by atoms with van der Waals surface area (Å²) in [5, 5.41) is 0. The fourth-order valence-electron chi connectivity index (χ4n) is 0.482. The second-order valence-corrected chi connectivity index (χ2v) is 4.47. The zero-order valence-electron chi connectivity index (χ0n) is 6.79. The summed E-state index contributed by atoms with van der Waals surface area (Å²) in [5.74, 6) is -0.539. The maximum atomic E-state index is 10.6. The summed E-state index contributed by atoms with van der Waals surface area (Å²) in [6, 6.07) is 0. The minimum absolute atomic E-state index is 0.212. The van der Waals surface area contributed by atoms with E-state index < -0.39 is 13.9 Å². The molecule has 0 aromatic heterocycles. The van der Waals surface area contributed by atoms with Gasteiger partial charge in [-0.2, -0.15) is 0 Å². The molecule has 11 heavy (non-hydrogen) atoms. The van der Waals surface area contributed by atoms with Crippen molar-refractivity contribution >= 4 is 13.9 Å². The molecule has 0 radical (unpaired) electrons. The predicted octanol–water partition coefficient (Wildman–Crippen LogP) is -0.0606. The Morgan fingerprint density at radius 2 is 1.82 bits per heavy atom. The first-order valence-corrected chi connectivity index (χ1v) is 4.94. The summed E-state index contributed by atoms with van der Waals surface area (Å²) in [4.78, 5) is 20.0. The Bertz CT molecular complexity index is 133. The SMILES string of the molecule is COC(=O)C[PH](O)(OC)OC. The summed E-state index contributed by atoms with van der Waals surface area (Å²) in [5.41, 5.74) is 0. The van der Waals surface area contributed by atoms with E-state index >= 15 is 0 Å². The maximum absolute atomic E-state index is 10.6. The molecule has 5 nitrogen and oxygen atoms in total. The average molecular weight is 184 g/mol. The summed E-state index contributed by atoms with van der Waals surface area (Å²) in [6.45, 7) is 0. The molecular formula is C5H13O5P. The van der Waals surface area contributed by atoms with Crippen LogP contribution in [0.15, 0.2) is 0 Å². The number of methoxy groups -OCH3 is 1. The summed E-state index contributed by atoms with van der Waals surface area (Å²) >= 11 is 0. The molecule has 0 bridgehead atoms. The van der Waals surface area contributed by atoms with Gasteiger partial charge in [-0.25, -0.2) is 0 Å². The van der Waals surface area contributed by atoms with Crippen molar-refractivity contribution in [1.29, 1.82) is 0 Å². The van der Waals surface area contributed by atoms with E-state index in [1.165, 1.54) is 21.3 Å². The molecule has 0 aliphatic rings. The standard InChI is InChI=1S/C5H13O5P/c1-8-5(6)4-11(7,9-2)10-3/h7,11H,4H2,1-3H3. The predicted molar refractivity (Wildman–Crippen MR) is 41.4 cm³/mol. The van der Waals surface area contributed by atoms with Crippen LogP contribution in [0.3, 0.4) is 0 Å². The molecule has 68 valence electrons. The van der Waals surface area contributed by atoms with Crippen molar-refractivity contribution < 1.29 is 23.5 Å². The first-order valence-electron chi connectivity index (χ1n) is 2.97.